The second-order valence-electron chi connectivity index (χ2n) is 7.12. The summed E-state index contributed by atoms with van der Waals surface area (Å²) >= 11 is 0. The molecule has 3 rings (SSSR count). The van der Waals surface area contributed by atoms with Gasteiger partial charge in [0.15, 0.2) is 0 Å². The minimum atomic E-state index is 0.288. The summed E-state index contributed by atoms with van der Waals surface area (Å²) in [6.45, 7) is 6.06. The zero-order valence-corrected chi connectivity index (χ0v) is 14.8. The highest BCUT2D eigenvalue weighted by atomic mass is 16.2. The van der Waals surface area contributed by atoms with Gasteiger partial charge in [0, 0.05) is 45.7 Å². The van der Waals surface area contributed by atoms with Gasteiger partial charge in [0.2, 0.25) is 5.91 Å². The summed E-state index contributed by atoms with van der Waals surface area (Å²) in [6.07, 6.45) is 4.93. The van der Waals surface area contributed by atoms with Crippen LogP contribution in [0.25, 0.3) is 0 Å². The molecule has 1 aromatic carbocycles. The van der Waals surface area contributed by atoms with Crippen molar-refractivity contribution in [3.8, 4) is 0 Å². The normalized spacial score (nSPS) is 19.5. The van der Waals surface area contributed by atoms with Crippen molar-refractivity contribution in [3.63, 3.8) is 0 Å². The molecule has 1 aromatic rings. The van der Waals surface area contributed by atoms with Crippen LogP contribution in [0.1, 0.15) is 31.2 Å². The number of nitrogens with two attached hydrogens (primary N) is 1. The lowest BCUT2D eigenvalue weighted by molar-refractivity contribution is -0.132. The largest absolute Gasteiger partial charge is 0.397 e. The number of carbonyl (C=O) groups excluding carboxylic acids is 1. The standard InChI is InChI=1S/C19H30N4O/c1-21-11-13-22(14-12-21)18-7-5-16(15-17(18)20)6-8-19(24)23-9-3-2-4-10-23/h5,7,15H,2-4,6,8-14,20H2,1H3. The van der Waals surface area contributed by atoms with Gasteiger partial charge in [-0.25, -0.2) is 0 Å². The second-order valence-corrected chi connectivity index (χ2v) is 7.12. The fourth-order valence-electron chi connectivity index (χ4n) is 3.65. The number of likely N-dealkylation sites (tertiary alicyclic amines) is 1. The molecule has 2 heterocycles. The third-order valence-electron chi connectivity index (χ3n) is 5.27. The van der Waals surface area contributed by atoms with E-state index in [1.165, 1.54) is 6.42 Å². The summed E-state index contributed by atoms with van der Waals surface area (Å²) in [6, 6.07) is 6.31. The number of piperidine rings is 1. The Kier molecular flexibility index (Phi) is 5.61. The first-order valence-corrected chi connectivity index (χ1v) is 9.23. The van der Waals surface area contributed by atoms with Crippen molar-refractivity contribution in [1.29, 1.82) is 0 Å². The Bertz CT molecular complexity index is 560. The van der Waals surface area contributed by atoms with Gasteiger partial charge >= 0.3 is 0 Å². The van der Waals surface area contributed by atoms with Crippen LogP contribution < -0.4 is 10.6 Å². The van der Waals surface area contributed by atoms with Gasteiger partial charge in [-0.05, 0) is 50.4 Å². The van der Waals surface area contributed by atoms with E-state index >= 15 is 0 Å². The first kappa shape index (κ1) is 17.1. The molecule has 0 bridgehead atoms. The maximum Gasteiger partial charge on any atom is 0.222 e. The van der Waals surface area contributed by atoms with Crippen LogP contribution >= 0.6 is 0 Å². The number of carbonyl (C=O) groups is 1. The minimum absolute atomic E-state index is 0.288. The average molecular weight is 330 g/mol. The second kappa shape index (κ2) is 7.88. The van der Waals surface area contributed by atoms with Crippen LogP contribution in [0.15, 0.2) is 18.2 Å². The molecule has 0 saturated carbocycles. The number of likely N-dealkylation sites (N-methyl/N-ethyl adjacent to an activating group) is 1. The van der Waals surface area contributed by atoms with Crippen LogP contribution in [-0.4, -0.2) is 62.0 Å². The molecule has 2 saturated heterocycles. The van der Waals surface area contributed by atoms with Gasteiger partial charge in [0.25, 0.3) is 0 Å². The molecule has 1 amide bonds. The molecule has 0 radical (unpaired) electrons. The Labute approximate surface area is 145 Å². The molecule has 0 aliphatic carbocycles. The molecule has 0 unspecified atom stereocenters. The first-order chi connectivity index (χ1) is 11.6. The van der Waals surface area contributed by atoms with Crippen molar-refractivity contribution < 1.29 is 4.79 Å². The van der Waals surface area contributed by atoms with Gasteiger partial charge in [0.1, 0.15) is 0 Å². The number of rotatable bonds is 4. The highest BCUT2D eigenvalue weighted by Gasteiger charge is 2.18. The van der Waals surface area contributed by atoms with E-state index in [0.29, 0.717) is 6.42 Å². The van der Waals surface area contributed by atoms with Crippen molar-refractivity contribution in [1.82, 2.24) is 9.80 Å². The zero-order chi connectivity index (χ0) is 16.9. The molecule has 5 nitrogen and oxygen atoms in total. The maximum atomic E-state index is 12.3. The van der Waals surface area contributed by atoms with Crippen molar-refractivity contribution >= 4 is 17.3 Å². The lowest BCUT2D eigenvalue weighted by atomic mass is 10.1. The van der Waals surface area contributed by atoms with Crippen LogP contribution in [0.4, 0.5) is 11.4 Å². The van der Waals surface area contributed by atoms with E-state index in [0.717, 1.165) is 75.5 Å². The smallest absolute Gasteiger partial charge is 0.222 e. The number of nitrogen functional groups attached to an aromatic ring is 1. The molecule has 0 atom stereocenters. The predicted molar refractivity (Wildman–Crippen MR) is 99.3 cm³/mol. The van der Waals surface area contributed by atoms with E-state index in [1.54, 1.807) is 0 Å². The molecule has 132 valence electrons. The van der Waals surface area contributed by atoms with E-state index in [-0.39, 0.29) is 5.91 Å². The zero-order valence-electron chi connectivity index (χ0n) is 14.8. The lowest BCUT2D eigenvalue weighted by Gasteiger charge is -2.34. The van der Waals surface area contributed by atoms with Gasteiger partial charge in [-0.1, -0.05) is 6.07 Å². The van der Waals surface area contributed by atoms with Gasteiger partial charge in [-0.3, -0.25) is 4.79 Å². The third-order valence-corrected chi connectivity index (χ3v) is 5.27. The highest BCUT2D eigenvalue weighted by molar-refractivity contribution is 5.77. The number of hydrogen-bond donors (Lipinski definition) is 1. The van der Waals surface area contributed by atoms with Crippen LogP contribution in [-0.2, 0) is 11.2 Å². The molecule has 2 fully saturated rings. The van der Waals surface area contributed by atoms with Crippen molar-refractivity contribution in [2.45, 2.75) is 32.1 Å². The average Bonchev–Trinajstić information content (AvgIpc) is 2.61. The molecular weight excluding hydrogens is 300 g/mol. The van der Waals surface area contributed by atoms with Crippen LogP contribution in [0.3, 0.4) is 0 Å². The summed E-state index contributed by atoms with van der Waals surface area (Å²) in [5.74, 6) is 0.288. The molecule has 2 N–H and O–H groups in total. The fraction of sp³-hybridized carbons (Fsp3) is 0.632. The number of benzene rings is 1. The molecule has 0 aromatic heterocycles. The number of piperazine rings is 1. The van der Waals surface area contributed by atoms with E-state index in [1.807, 2.05) is 4.90 Å². The Hall–Kier alpha value is -1.75. The van der Waals surface area contributed by atoms with E-state index in [9.17, 15) is 4.79 Å². The summed E-state index contributed by atoms with van der Waals surface area (Å²) < 4.78 is 0. The molecule has 5 heteroatoms. The van der Waals surface area contributed by atoms with Crippen LogP contribution in [0.5, 0.6) is 0 Å². The Morgan fingerprint density at radius 3 is 2.42 bits per heavy atom. The first-order valence-electron chi connectivity index (χ1n) is 9.23. The fourth-order valence-corrected chi connectivity index (χ4v) is 3.65. The highest BCUT2D eigenvalue weighted by Crippen LogP contribution is 2.26. The molecular formula is C19H30N4O. The SMILES string of the molecule is CN1CCN(c2ccc(CCC(=O)N3CCCCC3)cc2N)CC1. The molecule has 2 aliphatic rings. The Balaban J connectivity index is 1.55. The number of aryl methyl sites for hydroxylation is 1. The molecule has 0 spiro atoms. The Morgan fingerprint density at radius 2 is 1.75 bits per heavy atom. The quantitative estimate of drug-likeness (QED) is 0.858. The van der Waals surface area contributed by atoms with Crippen LogP contribution in [0.2, 0.25) is 0 Å². The van der Waals surface area contributed by atoms with Crippen molar-refractivity contribution in [3.05, 3.63) is 23.8 Å². The van der Waals surface area contributed by atoms with Gasteiger partial charge < -0.3 is 20.4 Å². The molecule has 24 heavy (non-hydrogen) atoms. The number of anilines is 2. The summed E-state index contributed by atoms with van der Waals surface area (Å²) in [4.78, 5) is 19.0. The Morgan fingerprint density at radius 1 is 1.04 bits per heavy atom. The third kappa shape index (κ3) is 4.20. The number of amides is 1. The van der Waals surface area contributed by atoms with Crippen molar-refractivity contribution in [2.24, 2.45) is 0 Å². The van der Waals surface area contributed by atoms with Gasteiger partial charge in [0.05, 0.1) is 11.4 Å². The summed E-state index contributed by atoms with van der Waals surface area (Å²) in [7, 11) is 2.16. The topological polar surface area (TPSA) is 52.8 Å². The minimum Gasteiger partial charge on any atom is -0.397 e. The van der Waals surface area contributed by atoms with Crippen LogP contribution in [0, 0.1) is 0 Å². The summed E-state index contributed by atoms with van der Waals surface area (Å²) in [5.41, 5.74) is 9.42. The predicted octanol–water partition coefficient (Wildman–Crippen LogP) is 1.97. The van der Waals surface area contributed by atoms with E-state index < -0.39 is 0 Å². The number of nitrogens with zero attached hydrogens (tertiary/aromatic N) is 3. The van der Waals surface area contributed by atoms with E-state index in [2.05, 4.69) is 35.0 Å². The maximum absolute atomic E-state index is 12.3. The van der Waals surface area contributed by atoms with E-state index in [4.69, 9.17) is 5.73 Å². The van der Waals surface area contributed by atoms with Gasteiger partial charge in [-0.2, -0.15) is 0 Å². The van der Waals surface area contributed by atoms with Crippen molar-refractivity contribution in [2.75, 3.05) is 56.9 Å². The lowest BCUT2D eigenvalue weighted by Crippen LogP contribution is -2.44. The van der Waals surface area contributed by atoms with Gasteiger partial charge in [-0.15, -0.1) is 0 Å². The molecule has 2 aliphatic heterocycles. The monoisotopic (exact) mass is 330 g/mol. The summed E-state index contributed by atoms with van der Waals surface area (Å²) in [5, 5.41) is 0. The number of hydrogen-bond acceptors (Lipinski definition) is 4.